The first-order valence-electron chi connectivity index (χ1n) is 15.6. The molecule has 5 rings (SSSR count). The second kappa shape index (κ2) is 12.5. The fourth-order valence-corrected chi connectivity index (χ4v) is 5.24. The number of fused-ring (bicyclic) bond motifs is 2. The maximum atomic E-state index is 13.8. The van der Waals surface area contributed by atoms with Crippen molar-refractivity contribution in [2.24, 2.45) is 5.41 Å². The molecule has 2 aromatic carbocycles. The number of hydrogen-bond acceptors (Lipinski definition) is 7. The molecule has 0 unspecified atom stereocenters. The van der Waals surface area contributed by atoms with Gasteiger partial charge in [0.25, 0.3) is 5.56 Å². The van der Waals surface area contributed by atoms with Gasteiger partial charge in [0.1, 0.15) is 11.4 Å². The summed E-state index contributed by atoms with van der Waals surface area (Å²) in [5, 5.41) is 3.29. The highest BCUT2D eigenvalue weighted by Crippen LogP contribution is 2.32. The smallest absolute Gasteiger partial charge is 0.407 e. The first-order valence-corrected chi connectivity index (χ1v) is 15.6. The molecule has 45 heavy (non-hydrogen) atoms. The SMILES string of the molecule is CC(C)(C)OC(=O)NCc1ccc2c(c1)nc(Cn1c(=O)n(C3CC3)c(=O)c3ccccc31)n2CCCCOC(=O)C(C)(C)C. The lowest BCUT2D eigenvalue weighted by atomic mass is 9.97. The minimum absolute atomic E-state index is 0.0736. The number of alkyl carbamates (subject to hydrolysis) is 1. The molecule has 0 spiro atoms. The monoisotopic (exact) mass is 617 g/mol. The normalized spacial score (nSPS) is 13.7. The van der Waals surface area contributed by atoms with Crippen molar-refractivity contribution in [3.63, 3.8) is 0 Å². The van der Waals surface area contributed by atoms with Gasteiger partial charge in [-0.1, -0.05) is 18.2 Å². The molecule has 240 valence electrons. The maximum absolute atomic E-state index is 13.8. The molecule has 1 amide bonds. The Hall–Kier alpha value is -4.41. The van der Waals surface area contributed by atoms with Crippen LogP contribution in [-0.4, -0.2) is 43.0 Å². The van der Waals surface area contributed by atoms with Crippen molar-refractivity contribution in [2.75, 3.05) is 6.61 Å². The van der Waals surface area contributed by atoms with E-state index in [1.807, 2.05) is 71.9 Å². The van der Waals surface area contributed by atoms with Crippen molar-refractivity contribution in [1.29, 1.82) is 0 Å². The van der Waals surface area contributed by atoms with Gasteiger partial charge < -0.3 is 19.4 Å². The number of nitrogens with zero attached hydrogens (tertiary/aromatic N) is 4. The number of esters is 1. The van der Waals surface area contributed by atoms with E-state index in [4.69, 9.17) is 14.5 Å². The van der Waals surface area contributed by atoms with Crippen molar-refractivity contribution >= 4 is 34.0 Å². The molecular weight excluding hydrogens is 574 g/mol. The summed E-state index contributed by atoms with van der Waals surface area (Å²) in [6.07, 6.45) is 2.50. The van der Waals surface area contributed by atoms with Gasteiger partial charge in [-0.05, 0) is 97.1 Å². The van der Waals surface area contributed by atoms with Crippen LogP contribution in [0.3, 0.4) is 0 Å². The number of hydrogen-bond donors (Lipinski definition) is 1. The second-order valence-corrected chi connectivity index (χ2v) is 13.7. The molecule has 0 atom stereocenters. The number of carbonyl (C=O) groups excluding carboxylic acids is 2. The van der Waals surface area contributed by atoms with Gasteiger partial charge in [-0.2, -0.15) is 0 Å². The third-order valence-electron chi connectivity index (χ3n) is 7.64. The lowest BCUT2D eigenvalue weighted by Crippen LogP contribution is -2.40. The van der Waals surface area contributed by atoms with Crippen LogP contribution in [0.25, 0.3) is 21.9 Å². The molecule has 1 fully saturated rings. The molecule has 2 heterocycles. The third kappa shape index (κ3) is 7.46. The van der Waals surface area contributed by atoms with E-state index in [0.717, 1.165) is 35.9 Å². The van der Waals surface area contributed by atoms with E-state index in [1.165, 1.54) is 4.57 Å². The van der Waals surface area contributed by atoms with Crippen LogP contribution in [0.1, 0.15) is 84.7 Å². The molecule has 1 aliphatic rings. The average Bonchev–Trinajstić information content (AvgIpc) is 3.74. The lowest BCUT2D eigenvalue weighted by Gasteiger charge is -2.19. The van der Waals surface area contributed by atoms with E-state index in [-0.39, 0.29) is 36.3 Å². The van der Waals surface area contributed by atoms with Crippen molar-refractivity contribution < 1.29 is 19.1 Å². The molecule has 11 nitrogen and oxygen atoms in total. The van der Waals surface area contributed by atoms with Gasteiger partial charge in [0.2, 0.25) is 0 Å². The fraction of sp³-hybridized carbons (Fsp3) is 0.500. The lowest BCUT2D eigenvalue weighted by molar-refractivity contribution is -0.153. The summed E-state index contributed by atoms with van der Waals surface area (Å²) >= 11 is 0. The number of unbranched alkanes of at least 4 members (excludes halogenated alkanes) is 1. The summed E-state index contributed by atoms with van der Waals surface area (Å²) in [7, 11) is 0. The number of aromatic nitrogens is 4. The van der Waals surface area contributed by atoms with Gasteiger partial charge in [-0.3, -0.25) is 18.7 Å². The van der Waals surface area contributed by atoms with Crippen LogP contribution in [0.4, 0.5) is 4.79 Å². The Balaban J connectivity index is 1.46. The van der Waals surface area contributed by atoms with Crippen LogP contribution in [0.15, 0.2) is 52.1 Å². The number of carbonyl (C=O) groups is 2. The minimum atomic E-state index is -0.600. The van der Waals surface area contributed by atoms with Crippen LogP contribution in [-0.2, 0) is 33.9 Å². The van der Waals surface area contributed by atoms with Gasteiger partial charge >= 0.3 is 17.8 Å². The van der Waals surface area contributed by atoms with Crippen LogP contribution in [0.2, 0.25) is 0 Å². The first kappa shape index (κ1) is 32.0. The highest BCUT2D eigenvalue weighted by atomic mass is 16.6. The number of nitrogens with one attached hydrogen (secondary N) is 1. The molecule has 1 aliphatic carbocycles. The average molecular weight is 618 g/mol. The molecule has 0 saturated heterocycles. The topological polar surface area (TPSA) is 126 Å². The number of imidazole rings is 1. The zero-order valence-corrected chi connectivity index (χ0v) is 27.0. The van der Waals surface area contributed by atoms with Gasteiger partial charge in [-0.15, -0.1) is 0 Å². The summed E-state index contributed by atoms with van der Waals surface area (Å²) in [6, 6.07) is 12.9. The Morgan fingerprint density at radius 1 is 0.956 bits per heavy atom. The van der Waals surface area contributed by atoms with Crippen molar-refractivity contribution in [3.8, 4) is 0 Å². The minimum Gasteiger partial charge on any atom is -0.465 e. The number of amides is 1. The van der Waals surface area contributed by atoms with Crippen molar-refractivity contribution in [3.05, 3.63) is 74.7 Å². The van der Waals surface area contributed by atoms with Crippen LogP contribution >= 0.6 is 0 Å². The van der Waals surface area contributed by atoms with E-state index >= 15 is 0 Å². The Morgan fingerprint density at radius 2 is 1.69 bits per heavy atom. The maximum Gasteiger partial charge on any atom is 0.407 e. The van der Waals surface area contributed by atoms with Crippen molar-refractivity contribution in [1.82, 2.24) is 24.0 Å². The van der Waals surface area contributed by atoms with Crippen LogP contribution < -0.4 is 16.6 Å². The molecular formula is C34H43N5O6. The quantitative estimate of drug-likeness (QED) is 0.189. The fourth-order valence-electron chi connectivity index (χ4n) is 5.24. The van der Waals surface area contributed by atoms with E-state index in [0.29, 0.717) is 36.3 Å². The van der Waals surface area contributed by atoms with E-state index in [2.05, 4.69) is 9.88 Å². The molecule has 2 aromatic heterocycles. The zero-order valence-electron chi connectivity index (χ0n) is 27.0. The van der Waals surface area contributed by atoms with E-state index in [9.17, 15) is 19.2 Å². The molecule has 4 aromatic rings. The summed E-state index contributed by atoms with van der Waals surface area (Å²) < 4.78 is 15.9. The summed E-state index contributed by atoms with van der Waals surface area (Å²) in [4.78, 5) is 56.4. The summed E-state index contributed by atoms with van der Waals surface area (Å²) in [6.45, 7) is 12.3. The second-order valence-electron chi connectivity index (χ2n) is 13.7. The predicted molar refractivity (Wildman–Crippen MR) is 172 cm³/mol. The highest BCUT2D eigenvalue weighted by Gasteiger charge is 2.29. The van der Waals surface area contributed by atoms with Gasteiger partial charge in [-0.25, -0.2) is 14.6 Å². The molecule has 0 aliphatic heterocycles. The third-order valence-corrected chi connectivity index (χ3v) is 7.64. The van der Waals surface area contributed by atoms with Gasteiger partial charge in [0.05, 0.1) is 40.5 Å². The predicted octanol–water partition coefficient (Wildman–Crippen LogP) is 5.29. The molecule has 0 radical (unpaired) electrons. The van der Waals surface area contributed by atoms with Gasteiger partial charge in [0, 0.05) is 19.1 Å². The molecule has 11 heteroatoms. The molecule has 1 N–H and O–H groups in total. The van der Waals surface area contributed by atoms with E-state index < -0.39 is 17.1 Å². The Bertz CT molecular complexity index is 1850. The highest BCUT2D eigenvalue weighted by molar-refractivity contribution is 5.79. The van der Waals surface area contributed by atoms with Crippen LogP contribution in [0.5, 0.6) is 0 Å². The molecule has 0 bridgehead atoms. The number of aryl methyl sites for hydroxylation is 1. The van der Waals surface area contributed by atoms with Crippen molar-refractivity contribution in [2.45, 2.75) is 98.5 Å². The summed E-state index contributed by atoms with van der Waals surface area (Å²) in [5.41, 5.74) is 1.27. The number of ether oxygens (including phenoxy) is 2. The number of benzene rings is 2. The Kier molecular flexibility index (Phi) is 8.91. The van der Waals surface area contributed by atoms with Crippen LogP contribution in [0, 0.1) is 5.41 Å². The first-order chi connectivity index (χ1) is 21.2. The molecule has 1 saturated carbocycles. The Labute approximate surface area is 262 Å². The summed E-state index contributed by atoms with van der Waals surface area (Å²) in [5.74, 6) is 0.433. The largest absolute Gasteiger partial charge is 0.465 e. The Morgan fingerprint density at radius 3 is 2.38 bits per heavy atom. The number of rotatable bonds is 10. The zero-order chi connectivity index (χ0) is 32.5. The van der Waals surface area contributed by atoms with Gasteiger partial charge in [0.15, 0.2) is 0 Å². The van der Waals surface area contributed by atoms with E-state index in [1.54, 1.807) is 16.7 Å². The number of para-hydroxylation sites is 1. The standard InChI is InChI=1S/C34H43N5O6/c1-33(2,3)30(41)44-18-10-9-17-37-27-16-13-22(20-35-31(42)45-34(4,5)6)19-25(27)36-28(37)21-38-26-12-8-7-11-24(26)29(40)39(32(38)43)23-14-15-23/h7-8,11-13,16,19,23H,9-10,14-15,17-18,20-21H2,1-6H3,(H,35,42).